The van der Waals surface area contributed by atoms with Crippen molar-refractivity contribution in [2.24, 2.45) is 17.3 Å². The number of hydrogen-bond acceptors (Lipinski definition) is 1. The van der Waals surface area contributed by atoms with Crippen LogP contribution in [0.2, 0.25) is 0 Å². The van der Waals surface area contributed by atoms with Crippen LogP contribution >= 0.6 is 0 Å². The van der Waals surface area contributed by atoms with E-state index in [1.165, 1.54) is 12.0 Å². The van der Waals surface area contributed by atoms with Crippen LogP contribution in [0.25, 0.3) is 0 Å². The van der Waals surface area contributed by atoms with Gasteiger partial charge in [0.1, 0.15) is 0 Å². The normalized spacial score (nSPS) is 27.7. The zero-order chi connectivity index (χ0) is 11.6. The fourth-order valence-corrected chi connectivity index (χ4v) is 2.64. The molecule has 0 aliphatic heterocycles. The zero-order valence-corrected chi connectivity index (χ0v) is 10.7. The van der Waals surface area contributed by atoms with Crippen molar-refractivity contribution in [3.63, 3.8) is 0 Å². The molecule has 0 aromatic heterocycles. The number of rotatable bonds is 3. The van der Waals surface area contributed by atoms with E-state index in [1.54, 1.807) is 0 Å². The summed E-state index contributed by atoms with van der Waals surface area (Å²) in [6.45, 7) is 11.3. The minimum absolute atomic E-state index is 0.184. The summed E-state index contributed by atoms with van der Waals surface area (Å²) in [5.74, 6) is 1.22. The molecule has 0 aromatic carbocycles. The van der Waals surface area contributed by atoms with Crippen molar-refractivity contribution in [3.05, 3.63) is 23.3 Å². The molecule has 0 radical (unpaired) electrons. The molecule has 1 aliphatic carbocycles. The molecule has 0 saturated carbocycles. The average Bonchev–Trinajstić information content (AvgIpc) is 2.41. The van der Waals surface area contributed by atoms with Crippen LogP contribution in [-0.2, 0) is 0 Å². The number of allylic oxidation sites excluding steroid dienone is 3. The van der Waals surface area contributed by atoms with Crippen LogP contribution in [0, 0.1) is 17.3 Å². The summed E-state index contributed by atoms with van der Waals surface area (Å²) in [6.07, 6.45) is 5.76. The second kappa shape index (κ2) is 4.52. The molecule has 1 rings (SSSR count). The van der Waals surface area contributed by atoms with E-state index in [0.717, 1.165) is 5.57 Å². The van der Waals surface area contributed by atoms with Gasteiger partial charge in [0.15, 0.2) is 0 Å². The summed E-state index contributed by atoms with van der Waals surface area (Å²) >= 11 is 0. The number of aliphatic hydroxyl groups excluding tert-OH is 1. The fourth-order valence-electron chi connectivity index (χ4n) is 2.64. The van der Waals surface area contributed by atoms with Crippen molar-refractivity contribution in [3.8, 4) is 0 Å². The minimum Gasteiger partial charge on any atom is -0.392 e. The average molecular weight is 208 g/mol. The molecule has 1 N–H and O–H groups in total. The topological polar surface area (TPSA) is 20.2 Å². The summed E-state index contributed by atoms with van der Waals surface area (Å²) in [6, 6.07) is 0. The Kier molecular flexibility index (Phi) is 3.77. The van der Waals surface area contributed by atoms with Crippen LogP contribution < -0.4 is 0 Å². The van der Waals surface area contributed by atoms with Gasteiger partial charge in [-0.15, -0.1) is 0 Å². The third-order valence-electron chi connectivity index (χ3n) is 4.05. The molecule has 1 heteroatoms. The maximum absolute atomic E-state index is 9.03. The first-order valence-corrected chi connectivity index (χ1v) is 5.85. The van der Waals surface area contributed by atoms with Crippen molar-refractivity contribution in [2.45, 2.75) is 41.0 Å². The van der Waals surface area contributed by atoms with Gasteiger partial charge >= 0.3 is 0 Å². The van der Waals surface area contributed by atoms with Gasteiger partial charge in [0.25, 0.3) is 0 Å². The Morgan fingerprint density at radius 2 is 2.27 bits per heavy atom. The Morgan fingerprint density at radius 1 is 1.67 bits per heavy atom. The van der Waals surface area contributed by atoms with Gasteiger partial charge in [-0.2, -0.15) is 0 Å². The monoisotopic (exact) mass is 208 g/mol. The SMILES string of the molecule is CC1=CCC(C(C)/C=C(\C)CO)C1(C)C. The van der Waals surface area contributed by atoms with Crippen LogP contribution in [-0.4, -0.2) is 11.7 Å². The van der Waals surface area contributed by atoms with E-state index >= 15 is 0 Å². The highest BCUT2D eigenvalue weighted by atomic mass is 16.3. The fraction of sp³-hybridized carbons (Fsp3) is 0.714. The van der Waals surface area contributed by atoms with Gasteiger partial charge in [-0.05, 0) is 37.5 Å². The van der Waals surface area contributed by atoms with Crippen molar-refractivity contribution < 1.29 is 5.11 Å². The molecular formula is C14H24O. The summed E-state index contributed by atoms with van der Waals surface area (Å²) in [5.41, 5.74) is 2.91. The molecule has 1 nitrogen and oxygen atoms in total. The van der Waals surface area contributed by atoms with Gasteiger partial charge in [-0.25, -0.2) is 0 Å². The summed E-state index contributed by atoms with van der Waals surface area (Å²) in [4.78, 5) is 0. The molecule has 2 unspecified atom stereocenters. The molecule has 0 saturated heterocycles. The van der Waals surface area contributed by atoms with E-state index in [0.29, 0.717) is 17.3 Å². The lowest BCUT2D eigenvalue weighted by Crippen LogP contribution is -2.25. The van der Waals surface area contributed by atoms with Crippen LogP contribution in [0.15, 0.2) is 23.3 Å². The summed E-state index contributed by atoms with van der Waals surface area (Å²) < 4.78 is 0. The molecular weight excluding hydrogens is 184 g/mol. The standard InChI is InChI=1S/C14H24O/c1-10(9-15)8-11(2)13-7-6-12(3)14(13,4)5/h6,8,11,13,15H,7,9H2,1-5H3/b10-8+. The molecule has 0 amide bonds. The van der Waals surface area contributed by atoms with Crippen molar-refractivity contribution in [1.82, 2.24) is 0 Å². The van der Waals surface area contributed by atoms with Gasteiger partial charge < -0.3 is 5.11 Å². The number of hydrogen-bond donors (Lipinski definition) is 1. The highest BCUT2D eigenvalue weighted by Gasteiger charge is 2.37. The van der Waals surface area contributed by atoms with Gasteiger partial charge in [-0.1, -0.05) is 44.1 Å². The molecule has 15 heavy (non-hydrogen) atoms. The minimum atomic E-state index is 0.184. The Bertz CT molecular complexity index is 284. The summed E-state index contributed by atoms with van der Waals surface area (Å²) in [5, 5.41) is 9.03. The van der Waals surface area contributed by atoms with Crippen molar-refractivity contribution >= 4 is 0 Å². The quantitative estimate of drug-likeness (QED) is 0.703. The third kappa shape index (κ3) is 2.52. The number of aliphatic hydroxyl groups is 1. The Morgan fingerprint density at radius 3 is 2.67 bits per heavy atom. The molecule has 0 bridgehead atoms. The lowest BCUT2D eigenvalue weighted by atomic mass is 9.71. The van der Waals surface area contributed by atoms with E-state index < -0.39 is 0 Å². The largest absolute Gasteiger partial charge is 0.392 e. The molecule has 0 fully saturated rings. The Balaban J connectivity index is 2.76. The predicted octanol–water partition coefficient (Wildman–Crippen LogP) is 3.55. The van der Waals surface area contributed by atoms with E-state index in [4.69, 9.17) is 5.11 Å². The second-order valence-corrected chi connectivity index (χ2v) is 5.48. The smallest absolute Gasteiger partial charge is 0.0639 e. The Labute approximate surface area is 93.9 Å². The molecule has 0 heterocycles. The first-order chi connectivity index (χ1) is 6.89. The Hall–Kier alpha value is -0.560. The van der Waals surface area contributed by atoms with Gasteiger partial charge in [0.05, 0.1) is 6.61 Å². The lowest BCUT2D eigenvalue weighted by Gasteiger charge is -2.33. The predicted molar refractivity (Wildman–Crippen MR) is 65.7 cm³/mol. The maximum atomic E-state index is 9.03. The lowest BCUT2D eigenvalue weighted by molar-refractivity contribution is 0.237. The first kappa shape index (κ1) is 12.5. The van der Waals surface area contributed by atoms with Crippen molar-refractivity contribution in [1.29, 1.82) is 0 Å². The second-order valence-electron chi connectivity index (χ2n) is 5.48. The summed E-state index contributed by atoms with van der Waals surface area (Å²) in [7, 11) is 0. The molecule has 0 spiro atoms. The van der Waals surface area contributed by atoms with Crippen LogP contribution in [0.5, 0.6) is 0 Å². The zero-order valence-electron chi connectivity index (χ0n) is 10.7. The highest BCUT2D eigenvalue weighted by Crippen LogP contribution is 2.47. The van der Waals surface area contributed by atoms with Crippen LogP contribution in [0.3, 0.4) is 0 Å². The van der Waals surface area contributed by atoms with Crippen molar-refractivity contribution in [2.75, 3.05) is 6.61 Å². The third-order valence-corrected chi connectivity index (χ3v) is 4.05. The van der Waals surface area contributed by atoms with Crippen LogP contribution in [0.4, 0.5) is 0 Å². The highest BCUT2D eigenvalue weighted by molar-refractivity contribution is 5.20. The maximum Gasteiger partial charge on any atom is 0.0639 e. The molecule has 2 atom stereocenters. The van der Waals surface area contributed by atoms with E-state index in [1.807, 2.05) is 6.92 Å². The van der Waals surface area contributed by atoms with Gasteiger partial charge in [0, 0.05) is 0 Å². The molecule has 0 aromatic rings. The molecule has 86 valence electrons. The van der Waals surface area contributed by atoms with E-state index in [2.05, 4.69) is 39.8 Å². The molecule has 1 aliphatic rings. The first-order valence-electron chi connectivity index (χ1n) is 5.85. The van der Waals surface area contributed by atoms with E-state index in [-0.39, 0.29) is 6.61 Å². The van der Waals surface area contributed by atoms with E-state index in [9.17, 15) is 0 Å². The van der Waals surface area contributed by atoms with Gasteiger partial charge in [0.2, 0.25) is 0 Å². The van der Waals surface area contributed by atoms with Gasteiger partial charge in [-0.3, -0.25) is 0 Å². The van der Waals surface area contributed by atoms with Crippen LogP contribution in [0.1, 0.15) is 41.0 Å².